The Morgan fingerprint density at radius 1 is 1.38 bits per heavy atom. The Morgan fingerprint density at radius 3 is 2.88 bits per heavy atom. The van der Waals surface area contributed by atoms with Crippen molar-refractivity contribution in [1.82, 2.24) is 0 Å². The molecule has 0 aliphatic carbocycles. The first-order chi connectivity index (χ1) is 7.66. The summed E-state index contributed by atoms with van der Waals surface area (Å²) in [6.07, 6.45) is 0.252. The minimum Gasteiger partial charge on any atom is -0.486 e. The Balaban J connectivity index is 2.21. The Hall–Kier alpha value is -1.78. The van der Waals surface area contributed by atoms with Crippen LogP contribution in [0.4, 0.5) is 4.39 Å². The lowest BCUT2D eigenvalue weighted by molar-refractivity contribution is -0.136. The van der Waals surface area contributed by atoms with Crippen molar-refractivity contribution in [3.05, 3.63) is 23.5 Å². The lowest BCUT2D eigenvalue weighted by atomic mass is 10.1. The first kappa shape index (κ1) is 10.7. The molecule has 0 fully saturated rings. The maximum Gasteiger partial charge on any atom is 0.303 e. The van der Waals surface area contributed by atoms with E-state index in [9.17, 15) is 9.18 Å². The lowest BCUT2D eigenvalue weighted by Crippen LogP contribution is -2.16. The molecule has 5 heteroatoms. The Morgan fingerprint density at radius 2 is 2.12 bits per heavy atom. The molecule has 4 nitrogen and oxygen atoms in total. The highest BCUT2D eigenvalue weighted by Crippen LogP contribution is 2.34. The number of fused-ring (bicyclic) bond motifs is 1. The summed E-state index contributed by atoms with van der Waals surface area (Å²) in [4.78, 5) is 10.4. The van der Waals surface area contributed by atoms with Crippen molar-refractivity contribution in [1.29, 1.82) is 0 Å². The molecule has 1 aliphatic heterocycles. The van der Waals surface area contributed by atoms with E-state index >= 15 is 0 Å². The molecule has 1 aromatic rings. The second-order valence-corrected chi connectivity index (χ2v) is 3.50. The summed E-state index contributed by atoms with van der Waals surface area (Å²) in [6.45, 7) is 0.715. The quantitative estimate of drug-likeness (QED) is 0.850. The zero-order valence-corrected chi connectivity index (χ0v) is 8.53. The number of carbonyl (C=O) groups is 1. The summed E-state index contributed by atoms with van der Waals surface area (Å²) >= 11 is 0. The van der Waals surface area contributed by atoms with Crippen molar-refractivity contribution in [2.75, 3.05) is 13.2 Å². The zero-order valence-electron chi connectivity index (χ0n) is 8.53. The van der Waals surface area contributed by atoms with Crippen molar-refractivity contribution in [3.63, 3.8) is 0 Å². The van der Waals surface area contributed by atoms with Crippen molar-refractivity contribution in [2.45, 2.75) is 12.8 Å². The summed E-state index contributed by atoms with van der Waals surface area (Å²) in [7, 11) is 0. The molecular weight excluding hydrogens is 215 g/mol. The highest BCUT2D eigenvalue weighted by atomic mass is 19.1. The highest BCUT2D eigenvalue weighted by Gasteiger charge is 2.17. The second kappa shape index (κ2) is 4.38. The molecule has 1 aliphatic rings. The number of hydrogen-bond donors (Lipinski definition) is 1. The van der Waals surface area contributed by atoms with Gasteiger partial charge in [-0.05, 0) is 24.1 Å². The van der Waals surface area contributed by atoms with Gasteiger partial charge in [-0.25, -0.2) is 4.39 Å². The first-order valence-corrected chi connectivity index (χ1v) is 4.96. The van der Waals surface area contributed by atoms with Gasteiger partial charge in [-0.1, -0.05) is 0 Å². The van der Waals surface area contributed by atoms with Gasteiger partial charge >= 0.3 is 5.97 Å². The standard InChI is InChI=1S/C11H11FO4/c12-8-5-7(1-2-10(13)14)6-9-11(8)16-4-3-15-9/h5-6H,1-4H2,(H,13,14). The molecule has 0 saturated carbocycles. The third kappa shape index (κ3) is 2.24. The third-order valence-corrected chi connectivity index (χ3v) is 2.28. The minimum atomic E-state index is -0.907. The van der Waals surface area contributed by atoms with Crippen LogP contribution in [0.3, 0.4) is 0 Å². The number of aliphatic carboxylic acids is 1. The first-order valence-electron chi connectivity index (χ1n) is 4.96. The van der Waals surface area contributed by atoms with E-state index in [0.29, 0.717) is 24.5 Å². The molecule has 0 amide bonds. The zero-order chi connectivity index (χ0) is 11.5. The number of carboxylic acids is 1. The molecule has 0 atom stereocenters. The van der Waals surface area contributed by atoms with E-state index in [-0.39, 0.29) is 18.6 Å². The van der Waals surface area contributed by atoms with Crippen LogP contribution in [0.1, 0.15) is 12.0 Å². The molecule has 1 heterocycles. The summed E-state index contributed by atoms with van der Waals surface area (Å²) in [5.74, 6) is -0.940. The van der Waals surface area contributed by atoms with Crippen molar-refractivity contribution in [2.24, 2.45) is 0 Å². The van der Waals surface area contributed by atoms with Crippen LogP contribution < -0.4 is 9.47 Å². The van der Waals surface area contributed by atoms with Gasteiger partial charge in [0.15, 0.2) is 17.3 Å². The van der Waals surface area contributed by atoms with Crippen LogP contribution in [0.5, 0.6) is 11.5 Å². The van der Waals surface area contributed by atoms with Gasteiger partial charge in [0, 0.05) is 6.42 Å². The van der Waals surface area contributed by atoms with Gasteiger partial charge < -0.3 is 14.6 Å². The van der Waals surface area contributed by atoms with Crippen LogP contribution in [-0.4, -0.2) is 24.3 Å². The topological polar surface area (TPSA) is 55.8 Å². The lowest BCUT2D eigenvalue weighted by Gasteiger charge is -2.19. The molecule has 0 radical (unpaired) electrons. The van der Waals surface area contributed by atoms with Crippen LogP contribution in [0.15, 0.2) is 12.1 Å². The number of carboxylic acid groups (broad SMARTS) is 1. The fourth-order valence-electron chi connectivity index (χ4n) is 1.56. The molecule has 1 aromatic carbocycles. The molecular formula is C11H11FO4. The highest BCUT2D eigenvalue weighted by molar-refractivity contribution is 5.67. The van der Waals surface area contributed by atoms with Gasteiger partial charge in [0.05, 0.1) is 0 Å². The Bertz CT molecular complexity index is 417. The average molecular weight is 226 g/mol. The van der Waals surface area contributed by atoms with Gasteiger partial charge in [0.1, 0.15) is 13.2 Å². The fraction of sp³-hybridized carbons (Fsp3) is 0.364. The second-order valence-electron chi connectivity index (χ2n) is 3.50. The molecule has 16 heavy (non-hydrogen) atoms. The molecule has 86 valence electrons. The number of halogens is 1. The summed E-state index contributed by atoms with van der Waals surface area (Å²) in [5.41, 5.74) is 0.601. The number of rotatable bonds is 3. The van der Waals surface area contributed by atoms with E-state index in [1.807, 2.05) is 0 Å². The summed E-state index contributed by atoms with van der Waals surface area (Å²) < 4.78 is 23.9. The molecule has 2 rings (SSSR count). The van der Waals surface area contributed by atoms with Gasteiger partial charge in [-0.3, -0.25) is 4.79 Å². The predicted molar refractivity (Wildman–Crippen MR) is 53.3 cm³/mol. The number of benzene rings is 1. The van der Waals surface area contributed by atoms with Crippen molar-refractivity contribution < 1.29 is 23.8 Å². The van der Waals surface area contributed by atoms with Gasteiger partial charge in [0.2, 0.25) is 0 Å². The predicted octanol–water partition coefficient (Wildman–Crippen LogP) is 1.61. The number of aryl methyl sites for hydroxylation is 1. The molecule has 0 bridgehead atoms. The van der Waals surface area contributed by atoms with Crippen molar-refractivity contribution >= 4 is 5.97 Å². The van der Waals surface area contributed by atoms with Crippen LogP contribution in [0, 0.1) is 5.82 Å². The van der Waals surface area contributed by atoms with E-state index in [1.54, 1.807) is 6.07 Å². The third-order valence-electron chi connectivity index (χ3n) is 2.28. The average Bonchev–Trinajstić information content (AvgIpc) is 2.26. The molecule has 0 saturated heterocycles. The largest absolute Gasteiger partial charge is 0.486 e. The van der Waals surface area contributed by atoms with Gasteiger partial charge in [-0.15, -0.1) is 0 Å². The normalized spacial score (nSPS) is 13.6. The monoisotopic (exact) mass is 226 g/mol. The maximum atomic E-state index is 13.5. The molecule has 0 spiro atoms. The van der Waals surface area contributed by atoms with Gasteiger partial charge in [-0.2, -0.15) is 0 Å². The van der Waals surface area contributed by atoms with Crippen LogP contribution in [0.2, 0.25) is 0 Å². The number of hydrogen-bond acceptors (Lipinski definition) is 3. The summed E-state index contributed by atoms with van der Waals surface area (Å²) in [5, 5.41) is 8.53. The van der Waals surface area contributed by atoms with Crippen molar-refractivity contribution in [3.8, 4) is 11.5 Å². The minimum absolute atomic E-state index is 0.0287. The Labute approximate surface area is 91.6 Å². The molecule has 0 unspecified atom stereocenters. The van der Waals surface area contributed by atoms with Crippen LogP contribution >= 0.6 is 0 Å². The SMILES string of the molecule is O=C(O)CCc1cc(F)c2c(c1)OCCO2. The van der Waals surface area contributed by atoms with E-state index in [1.165, 1.54) is 6.07 Å². The van der Waals surface area contributed by atoms with Crippen LogP contribution in [0.25, 0.3) is 0 Å². The van der Waals surface area contributed by atoms with E-state index in [2.05, 4.69) is 0 Å². The van der Waals surface area contributed by atoms with E-state index in [0.717, 1.165) is 0 Å². The Kier molecular flexibility index (Phi) is 2.94. The molecule has 0 aromatic heterocycles. The molecule has 1 N–H and O–H groups in total. The van der Waals surface area contributed by atoms with Gasteiger partial charge in [0.25, 0.3) is 0 Å². The summed E-state index contributed by atoms with van der Waals surface area (Å²) in [6, 6.07) is 2.91. The maximum absolute atomic E-state index is 13.5. The number of ether oxygens (including phenoxy) is 2. The van der Waals surface area contributed by atoms with E-state index in [4.69, 9.17) is 14.6 Å². The van der Waals surface area contributed by atoms with E-state index < -0.39 is 11.8 Å². The fourth-order valence-corrected chi connectivity index (χ4v) is 1.56. The van der Waals surface area contributed by atoms with Crippen LogP contribution in [-0.2, 0) is 11.2 Å². The smallest absolute Gasteiger partial charge is 0.303 e.